The molecule has 2 heterocycles. The Morgan fingerprint density at radius 1 is 1.22 bits per heavy atom. The van der Waals surface area contributed by atoms with Crippen LogP contribution in [-0.2, 0) is 9.53 Å². The van der Waals surface area contributed by atoms with Crippen LogP contribution in [0.5, 0.6) is 11.5 Å². The third-order valence-corrected chi connectivity index (χ3v) is 7.73. The third kappa shape index (κ3) is 6.44. The normalized spacial score (nSPS) is 15.2. The average Bonchev–Trinajstić information content (AvgIpc) is 3.22. The van der Waals surface area contributed by atoms with Gasteiger partial charge in [0.1, 0.15) is 6.07 Å². The van der Waals surface area contributed by atoms with Gasteiger partial charge in [-0.25, -0.2) is 9.79 Å². The first kappa shape index (κ1) is 30.6. The number of allylic oxidation sites excluding steroid dienone is 1. The van der Waals surface area contributed by atoms with E-state index in [-0.39, 0.29) is 28.1 Å². The number of carbonyl (C=O) groups is 1. The summed E-state index contributed by atoms with van der Waals surface area (Å²) in [6.45, 7) is 3.14. The first-order valence-corrected chi connectivity index (χ1v) is 14.3. The van der Waals surface area contributed by atoms with Crippen molar-refractivity contribution in [2.75, 3.05) is 19.8 Å². The molecule has 3 aromatic rings. The molecule has 0 N–H and O–H groups in total. The molecule has 1 atom stereocenters. The van der Waals surface area contributed by atoms with E-state index in [9.17, 15) is 22.8 Å². The number of alkyl halides is 3. The summed E-state index contributed by atoms with van der Waals surface area (Å²) < 4.78 is 60.6. The number of fused-ring (bicyclic) bond motifs is 1. The fraction of sp³-hybridized carbons (Fsp3) is 0.259. The smallest absolute Gasteiger partial charge is 0.434 e. The Labute approximate surface area is 254 Å². The zero-order valence-electron chi connectivity index (χ0n) is 21.4. The predicted octanol–water partition coefficient (Wildman–Crippen LogP) is 4.90. The standard InChI is InChI=1S/C27H20ClF3IN3O5S/c1-3-38-18-12-14(11-17(32)22(18)40-10-9-33)13-19-24(36)35-21(15-5-7-16(28)8-6-15)20(25(37)39-4-2)23(27(29,30)31)34-26(35)41-19/h5-8,11-13,21H,3-4,10H2,1-2H3/b19-13-/t21-/m1/s1. The van der Waals surface area contributed by atoms with E-state index < -0.39 is 35.0 Å². The number of benzene rings is 2. The highest BCUT2D eigenvalue weighted by Crippen LogP contribution is 2.39. The van der Waals surface area contributed by atoms with Gasteiger partial charge < -0.3 is 14.2 Å². The largest absolute Gasteiger partial charge is 0.490 e. The lowest BCUT2D eigenvalue weighted by molar-refractivity contribution is -0.140. The summed E-state index contributed by atoms with van der Waals surface area (Å²) in [5.41, 5.74) is -2.18. The number of hydrogen-bond acceptors (Lipinski definition) is 8. The molecule has 0 saturated carbocycles. The highest BCUT2D eigenvalue weighted by atomic mass is 127. The van der Waals surface area contributed by atoms with Gasteiger partial charge in [0.05, 0.1) is 32.9 Å². The molecule has 0 fully saturated rings. The number of esters is 1. The number of ether oxygens (including phenoxy) is 3. The van der Waals surface area contributed by atoms with Crippen LogP contribution in [-0.4, -0.2) is 36.5 Å². The molecule has 41 heavy (non-hydrogen) atoms. The number of halogens is 5. The number of nitrogens with zero attached hydrogens (tertiary/aromatic N) is 3. The second kappa shape index (κ2) is 12.7. The Hall–Kier alpha value is -3.35. The van der Waals surface area contributed by atoms with Crippen LogP contribution in [0.4, 0.5) is 13.2 Å². The van der Waals surface area contributed by atoms with Crippen LogP contribution in [0.15, 0.2) is 57.5 Å². The van der Waals surface area contributed by atoms with Crippen molar-refractivity contribution < 1.29 is 32.2 Å². The summed E-state index contributed by atoms with van der Waals surface area (Å²) in [7, 11) is 0. The van der Waals surface area contributed by atoms with E-state index in [0.29, 0.717) is 32.3 Å². The lowest BCUT2D eigenvalue weighted by Gasteiger charge is -2.26. The highest BCUT2D eigenvalue weighted by Gasteiger charge is 2.45. The quantitative estimate of drug-likeness (QED) is 0.243. The second-order valence-electron chi connectivity index (χ2n) is 8.32. The van der Waals surface area contributed by atoms with Crippen molar-refractivity contribution in [3.8, 4) is 17.6 Å². The number of hydrogen-bond donors (Lipinski definition) is 0. The highest BCUT2D eigenvalue weighted by molar-refractivity contribution is 14.1. The lowest BCUT2D eigenvalue weighted by atomic mass is 9.95. The minimum absolute atomic E-state index is 0.0679. The lowest BCUT2D eigenvalue weighted by Crippen LogP contribution is -2.41. The van der Waals surface area contributed by atoms with E-state index in [2.05, 4.69) is 4.99 Å². The zero-order valence-corrected chi connectivity index (χ0v) is 25.2. The minimum atomic E-state index is -5.01. The second-order valence-corrected chi connectivity index (χ2v) is 10.9. The van der Waals surface area contributed by atoms with Crippen LogP contribution in [0.1, 0.15) is 31.0 Å². The van der Waals surface area contributed by atoms with Crippen LogP contribution in [0.3, 0.4) is 0 Å². The summed E-state index contributed by atoms with van der Waals surface area (Å²) >= 11 is 8.75. The molecule has 214 valence electrons. The fourth-order valence-electron chi connectivity index (χ4n) is 4.13. The van der Waals surface area contributed by atoms with E-state index in [4.69, 9.17) is 31.1 Å². The predicted molar refractivity (Wildman–Crippen MR) is 154 cm³/mol. The van der Waals surface area contributed by atoms with E-state index in [0.717, 1.165) is 15.9 Å². The van der Waals surface area contributed by atoms with Crippen molar-refractivity contribution in [1.82, 2.24) is 4.57 Å². The molecule has 0 spiro atoms. The van der Waals surface area contributed by atoms with Crippen LogP contribution < -0.4 is 24.4 Å². The zero-order chi connectivity index (χ0) is 29.9. The van der Waals surface area contributed by atoms with E-state index >= 15 is 0 Å². The molecule has 14 heteroatoms. The molecule has 0 unspecified atom stereocenters. The van der Waals surface area contributed by atoms with Gasteiger partial charge in [-0.3, -0.25) is 9.36 Å². The molecule has 1 aliphatic heterocycles. The maximum Gasteiger partial charge on any atom is 0.434 e. The van der Waals surface area contributed by atoms with Crippen LogP contribution in [0, 0.1) is 14.9 Å². The van der Waals surface area contributed by atoms with Gasteiger partial charge in [0.15, 0.2) is 28.6 Å². The van der Waals surface area contributed by atoms with Gasteiger partial charge in [0, 0.05) is 5.02 Å². The first-order valence-electron chi connectivity index (χ1n) is 12.0. The molecule has 0 amide bonds. The van der Waals surface area contributed by atoms with Crippen molar-refractivity contribution >= 4 is 57.6 Å². The van der Waals surface area contributed by atoms with E-state index in [1.54, 1.807) is 19.1 Å². The molecule has 1 aliphatic rings. The van der Waals surface area contributed by atoms with Gasteiger partial charge in [-0.15, -0.1) is 0 Å². The Bertz CT molecular complexity index is 1740. The summed E-state index contributed by atoms with van der Waals surface area (Å²) in [5, 5.41) is 9.21. The summed E-state index contributed by atoms with van der Waals surface area (Å²) in [6.07, 6.45) is -3.52. The summed E-state index contributed by atoms with van der Waals surface area (Å²) in [6, 6.07) is 9.49. The van der Waals surface area contributed by atoms with E-state index in [1.807, 2.05) is 28.7 Å². The topological polar surface area (TPSA) is 103 Å². The van der Waals surface area contributed by atoms with Gasteiger partial charge in [0.25, 0.3) is 5.56 Å². The number of carbonyl (C=O) groups excluding carboxylic acids is 1. The molecule has 8 nitrogen and oxygen atoms in total. The van der Waals surface area contributed by atoms with E-state index in [1.165, 1.54) is 37.3 Å². The van der Waals surface area contributed by atoms with Gasteiger partial charge in [-0.05, 0) is 77.9 Å². The van der Waals surface area contributed by atoms with Gasteiger partial charge in [0.2, 0.25) is 0 Å². The number of thiazole rings is 1. The van der Waals surface area contributed by atoms with Crippen LogP contribution in [0.2, 0.25) is 5.02 Å². The Morgan fingerprint density at radius 2 is 1.93 bits per heavy atom. The Morgan fingerprint density at radius 3 is 2.54 bits per heavy atom. The van der Waals surface area contributed by atoms with Crippen LogP contribution >= 0.6 is 45.5 Å². The SMILES string of the molecule is CCOC(=O)C1=C(C(F)(F)F)N=c2s/c(=C\c3cc(I)c(OCC#N)c(OCC)c3)c(=O)n2[C@@H]1c1ccc(Cl)cc1. The van der Waals surface area contributed by atoms with Crippen LogP contribution in [0.25, 0.3) is 6.08 Å². The molecule has 0 radical (unpaired) electrons. The molecule has 4 rings (SSSR count). The molecule has 0 aliphatic carbocycles. The van der Waals surface area contributed by atoms with Crippen molar-refractivity contribution in [2.45, 2.75) is 26.1 Å². The van der Waals surface area contributed by atoms with Crippen molar-refractivity contribution in [1.29, 1.82) is 5.26 Å². The van der Waals surface area contributed by atoms with Gasteiger partial charge in [-0.2, -0.15) is 18.4 Å². The van der Waals surface area contributed by atoms with Gasteiger partial charge >= 0.3 is 12.1 Å². The number of aromatic nitrogens is 1. The Balaban J connectivity index is 1.99. The molecule has 2 aromatic carbocycles. The van der Waals surface area contributed by atoms with Gasteiger partial charge in [-0.1, -0.05) is 35.1 Å². The molecular formula is C27H20ClF3IN3O5S. The Kier molecular flexibility index (Phi) is 9.45. The van der Waals surface area contributed by atoms with Crippen molar-refractivity contribution in [3.05, 3.63) is 87.1 Å². The first-order chi connectivity index (χ1) is 19.5. The molecule has 0 bridgehead atoms. The maximum atomic E-state index is 14.3. The summed E-state index contributed by atoms with van der Waals surface area (Å²) in [4.78, 5) is 30.2. The minimum Gasteiger partial charge on any atom is -0.490 e. The number of nitriles is 1. The van der Waals surface area contributed by atoms with Crippen molar-refractivity contribution in [3.63, 3.8) is 0 Å². The average molecular weight is 718 g/mol. The number of rotatable bonds is 8. The molecule has 0 saturated heterocycles. The van der Waals surface area contributed by atoms with Crippen molar-refractivity contribution in [2.24, 2.45) is 4.99 Å². The molecular weight excluding hydrogens is 698 g/mol. The fourth-order valence-corrected chi connectivity index (χ4v) is 6.04. The summed E-state index contributed by atoms with van der Waals surface area (Å²) in [5.74, 6) is -0.553. The monoisotopic (exact) mass is 717 g/mol. The third-order valence-electron chi connectivity index (χ3n) is 5.69. The maximum absolute atomic E-state index is 14.3. The molecule has 1 aromatic heterocycles.